The first-order chi connectivity index (χ1) is 9.79. The number of aromatic nitrogens is 3. The minimum absolute atomic E-state index is 0.0322. The second-order valence-corrected chi connectivity index (χ2v) is 4.39. The predicted molar refractivity (Wildman–Crippen MR) is 77.7 cm³/mol. The zero-order valence-corrected chi connectivity index (χ0v) is 11.1. The average molecular weight is 266 g/mol. The molecule has 1 aromatic carbocycles. The number of benzene rings is 1. The summed E-state index contributed by atoms with van der Waals surface area (Å²) in [6, 6.07) is 9.13. The van der Waals surface area contributed by atoms with Crippen LogP contribution in [-0.2, 0) is 0 Å². The number of nitrogens with zero attached hydrogens (tertiary/aromatic N) is 3. The van der Waals surface area contributed by atoms with Gasteiger partial charge in [-0.05, 0) is 37.3 Å². The average Bonchev–Trinajstić information content (AvgIpc) is 2.96. The van der Waals surface area contributed by atoms with Crippen molar-refractivity contribution in [3.63, 3.8) is 0 Å². The lowest BCUT2D eigenvalue weighted by atomic mass is 10.1. The highest BCUT2D eigenvalue weighted by Gasteiger charge is 2.16. The maximum absolute atomic E-state index is 12.6. The number of imidazole rings is 1. The van der Waals surface area contributed by atoms with Gasteiger partial charge in [0, 0.05) is 30.2 Å². The monoisotopic (exact) mass is 266 g/mol. The number of fused-ring (bicyclic) bond motifs is 1. The summed E-state index contributed by atoms with van der Waals surface area (Å²) < 4.78 is 0. The number of hydrogen-bond acceptors (Lipinski definition) is 3. The summed E-state index contributed by atoms with van der Waals surface area (Å²) in [7, 11) is 0. The number of aromatic amines is 1. The van der Waals surface area contributed by atoms with Crippen LogP contribution in [0.5, 0.6) is 0 Å². The first-order valence-electron chi connectivity index (χ1n) is 6.44. The Bertz CT molecular complexity index is 736. The van der Waals surface area contributed by atoms with Crippen molar-refractivity contribution in [1.29, 1.82) is 0 Å². The van der Waals surface area contributed by atoms with Crippen LogP contribution in [0.3, 0.4) is 0 Å². The van der Waals surface area contributed by atoms with Gasteiger partial charge in [-0.3, -0.25) is 9.78 Å². The molecule has 0 spiro atoms. The van der Waals surface area contributed by atoms with Crippen LogP contribution in [0.4, 0.5) is 5.69 Å². The molecule has 0 aliphatic heterocycles. The van der Waals surface area contributed by atoms with Crippen LogP contribution in [0.25, 0.3) is 11.0 Å². The van der Waals surface area contributed by atoms with Crippen molar-refractivity contribution in [2.24, 2.45) is 0 Å². The van der Waals surface area contributed by atoms with Gasteiger partial charge in [-0.15, -0.1) is 0 Å². The molecule has 20 heavy (non-hydrogen) atoms. The topological polar surface area (TPSA) is 61.9 Å². The van der Waals surface area contributed by atoms with E-state index in [-0.39, 0.29) is 5.91 Å². The predicted octanol–water partition coefficient (Wildman–Crippen LogP) is 2.62. The highest BCUT2D eigenvalue weighted by Crippen LogP contribution is 2.18. The molecule has 0 radical (unpaired) electrons. The van der Waals surface area contributed by atoms with Crippen LogP contribution in [0.1, 0.15) is 17.3 Å². The zero-order chi connectivity index (χ0) is 13.9. The number of H-pyrrole nitrogens is 1. The lowest BCUT2D eigenvalue weighted by Crippen LogP contribution is -2.30. The molecule has 0 bridgehead atoms. The Kier molecular flexibility index (Phi) is 3.16. The van der Waals surface area contributed by atoms with Crippen LogP contribution in [0.2, 0.25) is 0 Å². The SMILES string of the molecule is CCN(C(=O)c1ccc2nc[nH]c2c1)c1ccncc1. The van der Waals surface area contributed by atoms with E-state index in [4.69, 9.17) is 0 Å². The number of hydrogen-bond donors (Lipinski definition) is 1. The first kappa shape index (κ1) is 12.3. The van der Waals surface area contributed by atoms with E-state index < -0.39 is 0 Å². The number of carbonyl (C=O) groups is 1. The molecule has 0 atom stereocenters. The van der Waals surface area contributed by atoms with E-state index in [9.17, 15) is 4.79 Å². The quantitative estimate of drug-likeness (QED) is 0.792. The summed E-state index contributed by atoms with van der Waals surface area (Å²) in [5.41, 5.74) is 3.20. The molecular weight excluding hydrogens is 252 g/mol. The molecule has 3 aromatic rings. The molecule has 0 saturated heterocycles. The fraction of sp³-hybridized carbons (Fsp3) is 0.133. The van der Waals surface area contributed by atoms with Crippen LogP contribution in [0, 0.1) is 0 Å². The molecular formula is C15H14N4O. The standard InChI is InChI=1S/C15H14N4O/c1-2-19(12-5-7-16-8-6-12)15(20)11-3-4-13-14(9-11)18-10-17-13/h3-10H,2H2,1H3,(H,17,18). The molecule has 5 nitrogen and oxygen atoms in total. The van der Waals surface area contributed by atoms with Gasteiger partial charge < -0.3 is 9.88 Å². The Hall–Kier alpha value is -2.69. The number of pyridine rings is 1. The normalized spacial score (nSPS) is 10.7. The van der Waals surface area contributed by atoms with Crippen LogP contribution >= 0.6 is 0 Å². The largest absolute Gasteiger partial charge is 0.345 e. The molecule has 0 fully saturated rings. The van der Waals surface area contributed by atoms with Crippen molar-refractivity contribution >= 4 is 22.6 Å². The molecule has 0 saturated carbocycles. The summed E-state index contributed by atoms with van der Waals surface area (Å²) in [5, 5.41) is 0. The van der Waals surface area contributed by atoms with Crippen molar-refractivity contribution in [3.8, 4) is 0 Å². The maximum atomic E-state index is 12.6. The zero-order valence-electron chi connectivity index (χ0n) is 11.1. The number of carbonyl (C=O) groups excluding carboxylic acids is 1. The van der Waals surface area contributed by atoms with Gasteiger partial charge >= 0.3 is 0 Å². The molecule has 2 heterocycles. The smallest absolute Gasteiger partial charge is 0.258 e. The van der Waals surface area contributed by atoms with Crippen molar-refractivity contribution in [1.82, 2.24) is 15.0 Å². The van der Waals surface area contributed by atoms with Crippen LogP contribution < -0.4 is 4.90 Å². The lowest BCUT2D eigenvalue weighted by molar-refractivity contribution is 0.0988. The summed E-state index contributed by atoms with van der Waals surface area (Å²) in [5.74, 6) is -0.0322. The molecule has 0 aliphatic carbocycles. The van der Waals surface area contributed by atoms with Gasteiger partial charge in [0.25, 0.3) is 5.91 Å². The van der Waals surface area contributed by atoms with E-state index >= 15 is 0 Å². The second kappa shape index (κ2) is 5.13. The molecule has 1 N–H and O–H groups in total. The van der Waals surface area contributed by atoms with E-state index in [2.05, 4.69) is 15.0 Å². The van der Waals surface area contributed by atoms with Crippen molar-refractivity contribution in [2.45, 2.75) is 6.92 Å². The van der Waals surface area contributed by atoms with Gasteiger partial charge in [-0.2, -0.15) is 0 Å². The Morgan fingerprint density at radius 3 is 2.80 bits per heavy atom. The van der Waals surface area contributed by atoms with E-state index in [1.165, 1.54) is 0 Å². The third-order valence-corrected chi connectivity index (χ3v) is 3.20. The molecule has 100 valence electrons. The first-order valence-corrected chi connectivity index (χ1v) is 6.44. The highest BCUT2D eigenvalue weighted by molar-refractivity contribution is 6.07. The molecule has 0 unspecified atom stereocenters. The van der Waals surface area contributed by atoms with Gasteiger partial charge in [-0.25, -0.2) is 4.98 Å². The number of anilines is 1. The van der Waals surface area contributed by atoms with Gasteiger partial charge in [0.1, 0.15) is 0 Å². The third-order valence-electron chi connectivity index (χ3n) is 3.20. The van der Waals surface area contributed by atoms with Gasteiger partial charge in [0.15, 0.2) is 0 Å². The molecule has 2 aromatic heterocycles. The second-order valence-electron chi connectivity index (χ2n) is 4.39. The van der Waals surface area contributed by atoms with Crippen molar-refractivity contribution < 1.29 is 4.79 Å². The van der Waals surface area contributed by atoms with E-state index in [0.717, 1.165) is 16.7 Å². The van der Waals surface area contributed by atoms with E-state index in [0.29, 0.717) is 12.1 Å². The van der Waals surface area contributed by atoms with E-state index in [1.54, 1.807) is 29.7 Å². The summed E-state index contributed by atoms with van der Waals surface area (Å²) >= 11 is 0. The number of amides is 1. The molecule has 5 heteroatoms. The van der Waals surface area contributed by atoms with Crippen molar-refractivity contribution in [3.05, 3.63) is 54.6 Å². The fourth-order valence-corrected chi connectivity index (χ4v) is 2.19. The Labute approximate surface area is 116 Å². The van der Waals surface area contributed by atoms with Crippen LogP contribution in [0.15, 0.2) is 49.1 Å². The van der Waals surface area contributed by atoms with Gasteiger partial charge in [0.2, 0.25) is 0 Å². The Morgan fingerprint density at radius 2 is 2.05 bits per heavy atom. The lowest BCUT2D eigenvalue weighted by Gasteiger charge is -2.20. The summed E-state index contributed by atoms with van der Waals surface area (Å²) in [4.78, 5) is 25.5. The van der Waals surface area contributed by atoms with Gasteiger partial charge in [-0.1, -0.05) is 0 Å². The minimum atomic E-state index is -0.0322. The van der Waals surface area contributed by atoms with E-state index in [1.807, 2.05) is 31.2 Å². The summed E-state index contributed by atoms with van der Waals surface area (Å²) in [6.07, 6.45) is 4.99. The summed E-state index contributed by atoms with van der Waals surface area (Å²) in [6.45, 7) is 2.55. The molecule has 0 aliphatic rings. The fourth-order valence-electron chi connectivity index (χ4n) is 2.19. The number of nitrogens with one attached hydrogen (secondary N) is 1. The van der Waals surface area contributed by atoms with Crippen LogP contribution in [-0.4, -0.2) is 27.4 Å². The maximum Gasteiger partial charge on any atom is 0.258 e. The third kappa shape index (κ3) is 2.14. The Morgan fingerprint density at radius 1 is 1.25 bits per heavy atom. The number of rotatable bonds is 3. The molecule has 3 rings (SSSR count). The Balaban J connectivity index is 1.97. The minimum Gasteiger partial charge on any atom is -0.345 e. The molecule has 1 amide bonds. The van der Waals surface area contributed by atoms with Crippen molar-refractivity contribution in [2.75, 3.05) is 11.4 Å². The highest BCUT2D eigenvalue weighted by atomic mass is 16.2. The van der Waals surface area contributed by atoms with Gasteiger partial charge in [0.05, 0.1) is 17.4 Å².